The standard InChI is InChI=1S/C16H23Cl2N3O4S/c1-10-11(2)21(7-6-20(10)15(22)25-16(3,4)5)26(23,24)12-8-13(17)14(18)19-9-12/h8-11H,6-7H2,1-5H3. The number of hydrogen-bond donors (Lipinski definition) is 0. The molecule has 0 spiro atoms. The summed E-state index contributed by atoms with van der Waals surface area (Å²) in [5, 5.41) is 0.114. The Balaban J connectivity index is 2.23. The maximum Gasteiger partial charge on any atom is 0.410 e. The summed E-state index contributed by atoms with van der Waals surface area (Å²) in [6, 6.07) is 0.476. The highest BCUT2D eigenvalue weighted by Gasteiger charge is 2.41. The second kappa shape index (κ2) is 7.50. The van der Waals surface area contributed by atoms with Gasteiger partial charge in [0.1, 0.15) is 15.6 Å². The van der Waals surface area contributed by atoms with Gasteiger partial charge in [-0.2, -0.15) is 4.31 Å². The van der Waals surface area contributed by atoms with Crippen LogP contribution in [0.1, 0.15) is 34.6 Å². The Bertz CT molecular complexity index is 795. The Kier molecular flexibility index (Phi) is 6.12. The van der Waals surface area contributed by atoms with Crippen molar-refractivity contribution in [2.45, 2.75) is 57.2 Å². The molecule has 0 aromatic carbocycles. The first-order chi connectivity index (χ1) is 11.8. The first-order valence-electron chi connectivity index (χ1n) is 8.17. The van der Waals surface area contributed by atoms with E-state index in [1.807, 2.05) is 0 Å². The molecule has 2 rings (SSSR count). The monoisotopic (exact) mass is 423 g/mol. The third-order valence-electron chi connectivity index (χ3n) is 4.21. The van der Waals surface area contributed by atoms with Gasteiger partial charge in [-0.05, 0) is 40.7 Å². The van der Waals surface area contributed by atoms with Crippen LogP contribution in [0.3, 0.4) is 0 Å². The number of rotatable bonds is 2. The zero-order valence-electron chi connectivity index (χ0n) is 15.4. The van der Waals surface area contributed by atoms with E-state index >= 15 is 0 Å². The Labute approximate surface area is 164 Å². The van der Waals surface area contributed by atoms with Crippen LogP contribution in [0.2, 0.25) is 10.2 Å². The van der Waals surface area contributed by atoms with Crippen molar-refractivity contribution in [3.05, 3.63) is 22.4 Å². The van der Waals surface area contributed by atoms with Crippen molar-refractivity contribution in [2.75, 3.05) is 13.1 Å². The number of nitrogens with zero attached hydrogens (tertiary/aromatic N) is 3. The van der Waals surface area contributed by atoms with Gasteiger partial charge in [0.15, 0.2) is 0 Å². The van der Waals surface area contributed by atoms with Crippen LogP contribution in [0.4, 0.5) is 4.79 Å². The summed E-state index contributed by atoms with van der Waals surface area (Å²) in [4.78, 5) is 17.7. The lowest BCUT2D eigenvalue weighted by molar-refractivity contribution is 0.000104. The highest BCUT2D eigenvalue weighted by Crippen LogP contribution is 2.28. The number of hydrogen-bond acceptors (Lipinski definition) is 5. The quantitative estimate of drug-likeness (QED) is 0.680. The second-order valence-electron chi connectivity index (χ2n) is 7.21. The molecular formula is C16H23Cl2N3O4S. The Morgan fingerprint density at radius 2 is 1.85 bits per heavy atom. The summed E-state index contributed by atoms with van der Waals surface area (Å²) < 4.78 is 32.7. The Morgan fingerprint density at radius 1 is 1.23 bits per heavy atom. The molecule has 1 aliphatic rings. The van der Waals surface area contributed by atoms with Gasteiger partial charge in [-0.1, -0.05) is 23.2 Å². The summed E-state index contributed by atoms with van der Waals surface area (Å²) in [6.45, 7) is 9.29. The molecule has 2 heterocycles. The molecule has 0 saturated carbocycles. The second-order valence-corrected chi connectivity index (χ2v) is 9.87. The SMILES string of the molecule is CC1C(C)N(S(=O)(=O)c2cnc(Cl)c(Cl)c2)CCN1C(=O)OC(C)(C)C. The van der Waals surface area contributed by atoms with Gasteiger partial charge in [-0.3, -0.25) is 0 Å². The first kappa shape index (κ1) is 21.2. The number of sulfonamides is 1. The van der Waals surface area contributed by atoms with Crippen LogP contribution in [0.5, 0.6) is 0 Å². The predicted molar refractivity (Wildman–Crippen MR) is 100 cm³/mol. The van der Waals surface area contributed by atoms with E-state index in [9.17, 15) is 13.2 Å². The third kappa shape index (κ3) is 4.42. The molecule has 1 aliphatic heterocycles. The number of amides is 1. The fourth-order valence-electron chi connectivity index (χ4n) is 2.71. The van der Waals surface area contributed by atoms with E-state index in [2.05, 4.69) is 4.98 Å². The van der Waals surface area contributed by atoms with Gasteiger partial charge in [-0.25, -0.2) is 18.2 Å². The number of aromatic nitrogens is 1. The van der Waals surface area contributed by atoms with Gasteiger partial charge >= 0.3 is 6.09 Å². The van der Waals surface area contributed by atoms with E-state index in [4.69, 9.17) is 27.9 Å². The van der Waals surface area contributed by atoms with E-state index in [0.717, 1.165) is 0 Å². The van der Waals surface area contributed by atoms with Gasteiger partial charge in [-0.15, -0.1) is 0 Å². The van der Waals surface area contributed by atoms with Crippen LogP contribution in [-0.2, 0) is 14.8 Å². The average Bonchev–Trinajstić information content (AvgIpc) is 2.50. The number of carbonyl (C=O) groups is 1. The smallest absolute Gasteiger partial charge is 0.410 e. The lowest BCUT2D eigenvalue weighted by atomic mass is 10.1. The van der Waals surface area contributed by atoms with E-state index in [1.165, 1.54) is 16.6 Å². The summed E-state index contributed by atoms with van der Waals surface area (Å²) in [5.41, 5.74) is -0.616. The molecule has 0 N–H and O–H groups in total. The molecule has 0 aliphatic carbocycles. The van der Waals surface area contributed by atoms with Crippen LogP contribution < -0.4 is 0 Å². The molecule has 146 valence electrons. The molecule has 1 aromatic rings. The minimum Gasteiger partial charge on any atom is -0.444 e. The summed E-state index contributed by atoms with van der Waals surface area (Å²) in [5.74, 6) is 0. The van der Waals surface area contributed by atoms with Crippen LogP contribution in [-0.4, -0.2) is 59.5 Å². The fraction of sp³-hybridized carbons (Fsp3) is 0.625. The van der Waals surface area contributed by atoms with Gasteiger partial charge in [0.2, 0.25) is 10.0 Å². The summed E-state index contributed by atoms with van der Waals surface area (Å²) >= 11 is 11.7. The van der Waals surface area contributed by atoms with Crippen molar-refractivity contribution in [2.24, 2.45) is 0 Å². The first-order valence-corrected chi connectivity index (χ1v) is 10.4. The minimum absolute atomic E-state index is 0.0309. The molecule has 10 heteroatoms. The van der Waals surface area contributed by atoms with E-state index in [-0.39, 0.29) is 34.2 Å². The van der Waals surface area contributed by atoms with Crippen molar-refractivity contribution < 1.29 is 17.9 Å². The van der Waals surface area contributed by atoms with Crippen LogP contribution in [0, 0.1) is 0 Å². The molecular weight excluding hydrogens is 401 g/mol. The maximum absolute atomic E-state index is 13.0. The van der Waals surface area contributed by atoms with Crippen LogP contribution in [0.25, 0.3) is 0 Å². The fourth-order valence-corrected chi connectivity index (χ4v) is 4.71. The van der Waals surface area contributed by atoms with E-state index in [0.29, 0.717) is 0 Å². The van der Waals surface area contributed by atoms with Crippen molar-refractivity contribution in [1.82, 2.24) is 14.2 Å². The zero-order valence-corrected chi connectivity index (χ0v) is 17.7. The number of pyridine rings is 1. The minimum atomic E-state index is -3.82. The normalized spacial score (nSPS) is 22.3. The van der Waals surface area contributed by atoms with Gasteiger partial charge < -0.3 is 9.64 Å². The molecule has 0 radical (unpaired) electrons. The largest absolute Gasteiger partial charge is 0.444 e. The molecule has 1 saturated heterocycles. The average molecular weight is 424 g/mol. The van der Waals surface area contributed by atoms with Crippen LogP contribution >= 0.6 is 23.2 Å². The zero-order chi connectivity index (χ0) is 19.9. The topological polar surface area (TPSA) is 79.8 Å². The molecule has 1 aromatic heterocycles. The van der Waals surface area contributed by atoms with Gasteiger partial charge in [0, 0.05) is 31.4 Å². The lowest BCUT2D eigenvalue weighted by Gasteiger charge is -2.44. The van der Waals surface area contributed by atoms with Crippen molar-refractivity contribution in [1.29, 1.82) is 0 Å². The molecule has 2 unspecified atom stereocenters. The lowest BCUT2D eigenvalue weighted by Crippen LogP contribution is -2.60. The number of carbonyl (C=O) groups excluding carboxylic acids is 1. The van der Waals surface area contributed by atoms with Crippen molar-refractivity contribution >= 4 is 39.3 Å². The highest BCUT2D eigenvalue weighted by molar-refractivity contribution is 7.89. The molecule has 1 amide bonds. The maximum atomic E-state index is 13.0. The third-order valence-corrected chi connectivity index (χ3v) is 6.85. The molecule has 0 bridgehead atoms. The van der Waals surface area contributed by atoms with Crippen molar-refractivity contribution in [3.8, 4) is 0 Å². The van der Waals surface area contributed by atoms with E-state index < -0.39 is 27.8 Å². The predicted octanol–water partition coefficient (Wildman–Crippen LogP) is 3.41. The Morgan fingerprint density at radius 3 is 2.38 bits per heavy atom. The number of halogens is 2. The molecule has 1 fully saturated rings. The van der Waals surface area contributed by atoms with Crippen LogP contribution in [0.15, 0.2) is 17.2 Å². The van der Waals surface area contributed by atoms with Crippen molar-refractivity contribution in [3.63, 3.8) is 0 Å². The van der Waals surface area contributed by atoms with Gasteiger partial charge in [0.05, 0.1) is 5.02 Å². The van der Waals surface area contributed by atoms with E-state index in [1.54, 1.807) is 39.5 Å². The molecule has 7 nitrogen and oxygen atoms in total. The van der Waals surface area contributed by atoms with Gasteiger partial charge in [0.25, 0.3) is 0 Å². The molecule has 26 heavy (non-hydrogen) atoms. The highest BCUT2D eigenvalue weighted by atomic mass is 35.5. The molecule has 2 atom stereocenters. The number of piperazine rings is 1. The Hall–Kier alpha value is -1.09. The number of ether oxygens (including phenoxy) is 1. The summed E-state index contributed by atoms with van der Waals surface area (Å²) in [6.07, 6.45) is 0.728. The summed E-state index contributed by atoms with van der Waals surface area (Å²) in [7, 11) is -3.82.